The summed E-state index contributed by atoms with van der Waals surface area (Å²) in [7, 11) is -2.16. The number of rotatable bonds is 9. The van der Waals surface area contributed by atoms with Gasteiger partial charge >= 0.3 is 0 Å². The number of nitrogens with one attached hydrogen (secondary N) is 1. The number of hydrogen-bond donors (Lipinski definition) is 1. The molecule has 3 aliphatic heterocycles. The normalized spacial score (nSPS) is 20.3. The van der Waals surface area contributed by atoms with Gasteiger partial charge in [-0.15, -0.1) is 0 Å². The number of fused-ring (bicyclic) bond motifs is 7. The van der Waals surface area contributed by atoms with Gasteiger partial charge in [0.05, 0.1) is 41.5 Å². The first kappa shape index (κ1) is 36.6. The van der Waals surface area contributed by atoms with E-state index >= 15 is 0 Å². The molecule has 11 nitrogen and oxygen atoms in total. The van der Waals surface area contributed by atoms with Crippen molar-refractivity contribution >= 4 is 44.4 Å². The van der Waals surface area contributed by atoms with Gasteiger partial charge in [0.1, 0.15) is 5.75 Å². The number of methoxy groups -OCH3 is 1. The Morgan fingerprint density at radius 1 is 0.981 bits per heavy atom. The van der Waals surface area contributed by atoms with E-state index in [0.717, 1.165) is 96.5 Å². The van der Waals surface area contributed by atoms with Crippen LogP contribution in [0.25, 0.3) is 33.8 Å². The highest BCUT2D eigenvalue weighted by Gasteiger charge is 2.46. The number of likely N-dealkylation sites (tertiary alicyclic amines) is 2. The van der Waals surface area contributed by atoms with Crippen LogP contribution >= 0.6 is 0 Å². The molecule has 1 N–H and O–H groups in total. The minimum absolute atomic E-state index is 0.0345. The highest BCUT2D eigenvalue weighted by Crippen LogP contribution is 2.48. The fourth-order valence-corrected chi connectivity index (χ4v) is 10.2. The van der Waals surface area contributed by atoms with Crippen LogP contribution in [0.2, 0.25) is 0 Å². The van der Waals surface area contributed by atoms with Crippen molar-refractivity contribution in [1.29, 1.82) is 0 Å². The second-order valence-electron chi connectivity index (χ2n) is 15.8. The topological polar surface area (TPSA) is 119 Å². The number of piperazine rings is 1. The van der Waals surface area contributed by atoms with Crippen LogP contribution in [0.5, 0.6) is 5.75 Å². The van der Waals surface area contributed by atoms with E-state index in [9.17, 15) is 18.0 Å². The maximum Gasteiger partial charge on any atom is 0.264 e. The van der Waals surface area contributed by atoms with Crippen molar-refractivity contribution in [3.63, 3.8) is 0 Å². The monoisotopic (exact) mass is 752 g/mol. The zero-order chi connectivity index (χ0) is 38.1. The Balaban J connectivity index is 1.33. The zero-order valence-corrected chi connectivity index (χ0v) is 33.1. The fraction of sp³-hybridized carbons (Fsp3) is 0.500. The standard InChI is InChI=1S/C42H52N6O5S/c1-7-45-23-32-21-31(45)24-46(32)42(50)37-26(5)43-48(8-2)39(37)30-18-29-19-33(53-6)15-17-34(29)40-38(27-12-10-9-11-13-27)35-16-14-28(20-36(35)47(40)22-30)41(49)44-54(51,52)25(3)4/h14-20,25,27,31-32H,7-13,21-24H2,1-6H3,(H,44,49). The number of amides is 2. The second kappa shape index (κ2) is 14.0. The van der Waals surface area contributed by atoms with Gasteiger partial charge in [0.2, 0.25) is 10.0 Å². The van der Waals surface area contributed by atoms with Crippen LogP contribution in [-0.2, 0) is 23.1 Å². The smallest absolute Gasteiger partial charge is 0.264 e. The largest absolute Gasteiger partial charge is 0.497 e. The fourth-order valence-electron chi connectivity index (χ4n) is 9.55. The number of sulfonamides is 1. The van der Waals surface area contributed by atoms with Gasteiger partial charge < -0.3 is 14.2 Å². The molecule has 2 bridgehead atoms. The summed E-state index contributed by atoms with van der Waals surface area (Å²) in [6, 6.07) is 12.4. The molecule has 3 fully saturated rings. The SMILES string of the molecule is CCN1CC2CC1CN2C(=O)c1c(C)nn(CC)c1C1=Cc2cc(OC)ccc2-c2c(C3CCCCC3)c3ccc(C(=O)NS(=O)(=O)C(C)C)cc3n2C1. The van der Waals surface area contributed by atoms with Gasteiger partial charge in [-0.2, -0.15) is 5.10 Å². The van der Waals surface area contributed by atoms with Gasteiger partial charge in [-0.25, -0.2) is 13.1 Å². The molecule has 2 aromatic carbocycles. The van der Waals surface area contributed by atoms with Crippen LogP contribution in [0.15, 0.2) is 36.4 Å². The molecule has 1 saturated carbocycles. The van der Waals surface area contributed by atoms with E-state index in [-0.39, 0.29) is 17.5 Å². The van der Waals surface area contributed by atoms with E-state index in [1.807, 2.05) is 29.8 Å². The third-order valence-corrected chi connectivity index (χ3v) is 14.1. The highest BCUT2D eigenvalue weighted by atomic mass is 32.2. The van der Waals surface area contributed by atoms with Crippen molar-refractivity contribution in [2.45, 2.75) is 109 Å². The number of carbonyl (C=O) groups excluding carboxylic acids is 2. The van der Waals surface area contributed by atoms with Gasteiger partial charge in [0.25, 0.3) is 11.8 Å². The summed E-state index contributed by atoms with van der Waals surface area (Å²) in [5, 5.41) is 5.28. The maximum absolute atomic E-state index is 14.7. The molecule has 0 radical (unpaired) electrons. The van der Waals surface area contributed by atoms with Crippen molar-refractivity contribution in [1.82, 2.24) is 28.9 Å². The Morgan fingerprint density at radius 3 is 2.43 bits per heavy atom. The molecule has 4 aliphatic rings. The minimum Gasteiger partial charge on any atom is -0.497 e. The molecule has 0 spiro atoms. The van der Waals surface area contributed by atoms with Crippen molar-refractivity contribution in [3.05, 3.63) is 70.0 Å². The molecule has 54 heavy (non-hydrogen) atoms. The average Bonchev–Trinajstić information content (AvgIpc) is 3.92. The van der Waals surface area contributed by atoms with Crippen molar-refractivity contribution < 1.29 is 22.7 Å². The molecule has 2 saturated heterocycles. The summed E-state index contributed by atoms with van der Waals surface area (Å²) in [6.45, 7) is 12.9. The van der Waals surface area contributed by atoms with E-state index in [4.69, 9.17) is 9.84 Å². The summed E-state index contributed by atoms with van der Waals surface area (Å²) < 4.78 is 37.9. The number of aryl methyl sites for hydroxylation is 2. The summed E-state index contributed by atoms with van der Waals surface area (Å²) in [5.41, 5.74) is 8.66. The first-order chi connectivity index (χ1) is 25.9. The van der Waals surface area contributed by atoms with Gasteiger partial charge in [0.15, 0.2) is 0 Å². The lowest BCUT2D eigenvalue weighted by molar-refractivity contribution is 0.0629. The number of nitrogens with zero attached hydrogens (tertiary/aromatic N) is 5. The first-order valence-electron chi connectivity index (χ1n) is 19.7. The molecule has 2 amide bonds. The lowest BCUT2D eigenvalue weighted by Crippen LogP contribution is -2.48. The van der Waals surface area contributed by atoms with E-state index in [1.165, 1.54) is 12.0 Å². The van der Waals surface area contributed by atoms with Crippen LogP contribution < -0.4 is 9.46 Å². The predicted molar refractivity (Wildman–Crippen MR) is 212 cm³/mol. The highest BCUT2D eigenvalue weighted by molar-refractivity contribution is 7.90. The molecule has 286 valence electrons. The van der Waals surface area contributed by atoms with Gasteiger partial charge in [0, 0.05) is 53.7 Å². The molecule has 2 unspecified atom stereocenters. The predicted octanol–water partition coefficient (Wildman–Crippen LogP) is 6.83. The number of allylic oxidation sites excluding steroid dienone is 1. The van der Waals surface area contributed by atoms with E-state index in [1.54, 1.807) is 27.0 Å². The number of hydrogen-bond acceptors (Lipinski definition) is 7. The van der Waals surface area contributed by atoms with Crippen LogP contribution in [0.3, 0.4) is 0 Å². The molecular weight excluding hydrogens is 701 g/mol. The van der Waals surface area contributed by atoms with Crippen LogP contribution in [0.1, 0.15) is 115 Å². The van der Waals surface area contributed by atoms with Crippen LogP contribution in [0, 0.1) is 6.92 Å². The minimum atomic E-state index is -3.83. The molecule has 1 aliphatic carbocycles. The molecule has 12 heteroatoms. The van der Waals surface area contributed by atoms with Gasteiger partial charge in [-0.05, 0) is 113 Å². The van der Waals surface area contributed by atoms with Gasteiger partial charge in [-0.1, -0.05) is 32.3 Å². The summed E-state index contributed by atoms with van der Waals surface area (Å²) in [6.07, 6.45) is 8.85. The van der Waals surface area contributed by atoms with Crippen LogP contribution in [-0.4, -0.2) is 88.5 Å². The molecule has 2 atom stereocenters. The Labute approximate surface area is 318 Å². The molecule has 8 rings (SSSR count). The average molecular weight is 753 g/mol. The molecular formula is C42H52N6O5S. The Hall–Kier alpha value is -4.42. The van der Waals surface area contributed by atoms with Crippen molar-refractivity contribution in [2.75, 3.05) is 26.7 Å². The number of likely N-dealkylation sites (N-methyl/N-ethyl adjacent to an activating group) is 1. The van der Waals surface area contributed by atoms with E-state index < -0.39 is 21.2 Å². The number of aromatic nitrogens is 3. The Kier molecular flexibility index (Phi) is 9.49. The second-order valence-corrected chi connectivity index (χ2v) is 18.0. The first-order valence-corrected chi connectivity index (χ1v) is 21.2. The van der Waals surface area contributed by atoms with Gasteiger partial charge in [-0.3, -0.25) is 19.2 Å². The third-order valence-electron chi connectivity index (χ3n) is 12.4. The molecule has 5 heterocycles. The Bertz CT molecular complexity index is 2300. The lowest BCUT2D eigenvalue weighted by Gasteiger charge is -2.33. The summed E-state index contributed by atoms with van der Waals surface area (Å²) >= 11 is 0. The van der Waals surface area contributed by atoms with E-state index in [0.29, 0.717) is 36.3 Å². The lowest BCUT2D eigenvalue weighted by atomic mass is 9.81. The summed E-state index contributed by atoms with van der Waals surface area (Å²) in [4.78, 5) is 32.8. The number of benzene rings is 2. The molecule has 2 aromatic heterocycles. The van der Waals surface area contributed by atoms with E-state index in [2.05, 4.69) is 51.1 Å². The maximum atomic E-state index is 14.7. The van der Waals surface area contributed by atoms with Crippen molar-refractivity contribution in [2.24, 2.45) is 0 Å². The Morgan fingerprint density at radius 2 is 1.76 bits per heavy atom. The number of ether oxygens (including phenoxy) is 1. The number of carbonyl (C=O) groups is 2. The van der Waals surface area contributed by atoms with Crippen molar-refractivity contribution in [3.8, 4) is 17.0 Å². The molecule has 4 aromatic rings. The third kappa shape index (κ3) is 6.05. The quantitative estimate of drug-likeness (QED) is 0.199. The zero-order valence-electron chi connectivity index (χ0n) is 32.3. The summed E-state index contributed by atoms with van der Waals surface area (Å²) in [5.74, 6) is 0.448. The van der Waals surface area contributed by atoms with Crippen LogP contribution in [0.4, 0.5) is 0 Å².